The highest BCUT2D eigenvalue weighted by atomic mass is 16.5. The highest BCUT2D eigenvalue weighted by molar-refractivity contribution is 5.78. The average Bonchev–Trinajstić information content (AvgIpc) is 2.86. The van der Waals surface area contributed by atoms with Crippen LogP contribution in [-0.4, -0.2) is 32.7 Å². The van der Waals surface area contributed by atoms with Crippen molar-refractivity contribution in [1.82, 2.24) is 10.6 Å². The van der Waals surface area contributed by atoms with Crippen LogP contribution in [0.25, 0.3) is 0 Å². The van der Waals surface area contributed by atoms with E-state index in [1.54, 1.807) is 6.26 Å². The van der Waals surface area contributed by atoms with Crippen LogP contribution >= 0.6 is 0 Å². The number of nitrogens with one attached hydrogen (secondary N) is 2. The topological polar surface area (TPSA) is 63.5 Å². The molecule has 1 aromatic heterocycles. The minimum absolute atomic E-state index is 0.000892. The Hall–Kier alpha value is -1.33. The monoisotopic (exact) mass is 254 g/mol. The third-order valence-corrected chi connectivity index (χ3v) is 2.55. The number of amides is 1. The first-order valence-corrected chi connectivity index (χ1v) is 6.26. The molecule has 0 aliphatic rings. The first-order chi connectivity index (χ1) is 8.74. The van der Waals surface area contributed by atoms with Gasteiger partial charge in [-0.1, -0.05) is 6.92 Å². The maximum absolute atomic E-state index is 11.5. The van der Waals surface area contributed by atoms with Crippen molar-refractivity contribution in [3.8, 4) is 0 Å². The van der Waals surface area contributed by atoms with Gasteiger partial charge in [-0.3, -0.25) is 4.79 Å². The molecule has 0 aliphatic heterocycles. The lowest BCUT2D eigenvalue weighted by atomic mass is 10.1. The highest BCUT2D eigenvalue weighted by Crippen LogP contribution is 2.01. The van der Waals surface area contributed by atoms with Crippen LogP contribution in [0.5, 0.6) is 0 Å². The third-order valence-electron chi connectivity index (χ3n) is 2.55. The normalized spacial score (nSPS) is 12.3. The molecule has 1 unspecified atom stereocenters. The smallest absolute Gasteiger partial charge is 0.224 e. The second-order valence-electron chi connectivity index (χ2n) is 4.24. The SMILES string of the molecule is CNCC(C)C(=O)NCCCOCc1ccco1. The lowest BCUT2D eigenvalue weighted by Crippen LogP contribution is -2.35. The summed E-state index contributed by atoms with van der Waals surface area (Å²) in [7, 11) is 1.84. The Labute approximate surface area is 108 Å². The summed E-state index contributed by atoms with van der Waals surface area (Å²) in [5.74, 6) is 0.899. The molecule has 5 heteroatoms. The van der Waals surface area contributed by atoms with Gasteiger partial charge in [0.05, 0.1) is 6.26 Å². The lowest BCUT2D eigenvalue weighted by molar-refractivity contribution is -0.124. The van der Waals surface area contributed by atoms with Gasteiger partial charge in [-0.15, -0.1) is 0 Å². The van der Waals surface area contributed by atoms with Gasteiger partial charge in [0.15, 0.2) is 0 Å². The van der Waals surface area contributed by atoms with E-state index in [9.17, 15) is 4.79 Å². The number of rotatable bonds is 9. The first kappa shape index (κ1) is 14.7. The van der Waals surface area contributed by atoms with Crippen molar-refractivity contribution in [2.45, 2.75) is 20.0 Å². The summed E-state index contributed by atoms with van der Waals surface area (Å²) in [6.07, 6.45) is 2.43. The molecular weight excluding hydrogens is 232 g/mol. The molecular formula is C13H22N2O3. The van der Waals surface area contributed by atoms with Crippen molar-refractivity contribution in [2.24, 2.45) is 5.92 Å². The molecule has 0 saturated carbocycles. The Morgan fingerprint density at radius 1 is 1.56 bits per heavy atom. The van der Waals surface area contributed by atoms with Crippen LogP contribution in [0.2, 0.25) is 0 Å². The van der Waals surface area contributed by atoms with Crippen LogP contribution in [0, 0.1) is 5.92 Å². The van der Waals surface area contributed by atoms with Crippen LogP contribution < -0.4 is 10.6 Å². The summed E-state index contributed by atoms with van der Waals surface area (Å²) in [6.45, 7) is 4.34. The molecule has 1 rings (SSSR count). The van der Waals surface area contributed by atoms with E-state index in [1.165, 1.54) is 0 Å². The standard InChI is InChI=1S/C13H22N2O3/c1-11(9-14-2)13(16)15-6-4-7-17-10-12-5-3-8-18-12/h3,5,8,11,14H,4,6-7,9-10H2,1-2H3,(H,15,16). The van der Waals surface area contributed by atoms with Gasteiger partial charge in [-0.25, -0.2) is 0 Å². The van der Waals surface area contributed by atoms with E-state index in [0.717, 1.165) is 12.2 Å². The number of hydrogen-bond acceptors (Lipinski definition) is 4. The second-order valence-corrected chi connectivity index (χ2v) is 4.24. The zero-order valence-corrected chi connectivity index (χ0v) is 11.1. The Morgan fingerprint density at radius 3 is 3.06 bits per heavy atom. The minimum atomic E-state index is -0.000892. The summed E-state index contributed by atoms with van der Waals surface area (Å²) in [6, 6.07) is 3.71. The van der Waals surface area contributed by atoms with Crippen LogP contribution in [0.4, 0.5) is 0 Å². The van der Waals surface area contributed by atoms with Gasteiger partial charge in [0.1, 0.15) is 12.4 Å². The molecule has 0 saturated heterocycles. The first-order valence-electron chi connectivity index (χ1n) is 6.26. The molecule has 18 heavy (non-hydrogen) atoms. The third kappa shape index (κ3) is 5.84. The number of furan rings is 1. The maximum Gasteiger partial charge on any atom is 0.224 e. The fraction of sp³-hybridized carbons (Fsp3) is 0.615. The van der Waals surface area contributed by atoms with E-state index >= 15 is 0 Å². The van der Waals surface area contributed by atoms with E-state index in [-0.39, 0.29) is 11.8 Å². The van der Waals surface area contributed by atoms with Gasteiger partial charge in [-0.2, -0.15) is 0 Å². The van der Waals surface area contributed by atoms with Gasteiger partial charge in [0.25, 0.3) is 0 Å². The molecule has 0 bridgehead atoms. The zero-order valence-electron chi connectivity index (χ0n) is 11.1. The Balaban J connectivity index is 1.96. The number of ether oxygens (including phenoxy) is 1. The maximum atomic E-state index is 11.5. The Kier molecular flexibility index (Phi) is 7.13. The van der Waals surface area contributed by atoms with Crippen LogP contribution in [-0.2, 0) is 16.1 Å². The molecule has 1 amide bonds. The summed E-state index contributed by atoms with van der Waals surface area (Å²) in [5, 5.41) is 5.86. The number of carbonyl (C=O) groups is 1. The van der Waals surface area contributed by atoms with Crippen molar-refractivity contribution in [3.63, 3.8) is 0 Å². The predicted octanol–water partition coefficient (Wildman–Crippen LogP) is 1.16. The molecule has 1 atom stereocenters. The average molecular weight is 254 g/mol. The fourth-order valence-electron chi connectivity index (χ4n) is 1.53. The lowest BCUT2D eigenvalue weighted by Gasteiger charge is -2.11. The van der Waals surface area contributed by atoms with Crippen molar-refractivity contribution in [1.29, 1.82) is 0 Å². The molecule has 1 heterocycles. The van der Waals surface area contributed by atoms with Crippen molar-refractivity contribution in [2.75, 3.05) is 26.7 Å². The summed E-state index contributed by atoms with van der Waals surface area (Å²) < 4.78 is 10.5. The fourth-order valence-corrected chi connectivity index (χ4v) is 1.53. The Morgan fingerprint density at radius 2 is 2.39 bits per heavy atom. The zero-order chi connectivity index (χ0) is 13.2. The molecule has 0 fully saturated rings. The predicted molar refractivity (Wildman–Crippen MR) is 69.1 cm³/mol. The van der Waals surface area contributed by atoms with Gasteiger partial charge < -0.3 is 19.8 Å². The van der Waals surface area contributed by atoms with Crippen LogP contribution in [0.15, 0.2) is 22.8 Å². The minimum Gasteiger partial charge on any atom is -0.467 e. The van der Waals surface area contributed by atoms with E-state index in [2.05, 4.69) is 10.6 Å². The van der Waals surface area contributed by atoms with Crippen molar-refractivity contribution >= 4 is 5.91 Å². The van der Waals surface area contributed by atoms with E-state index < -0.39 is 0 Å². The summed E-state index contributed by atoms with van der Waals surface area (Å²) in [4.78, 5) is 11.5. The number of carbonyl (C=O) groups excluding carboxylic acids is 1. The highest BCUT2D eigenvalue weighted by Gasteiger charge is 2.10. The second kappa shape index (κ2) is 8.72. The molecule has 5 nitrogen and oxygen atoms in total. The molecule has 0 aliphatic carbocycles. The van der Waals surface area contributed by atoms with Crippen molar-refractivity contribution in [3.05, 3.63) is 24.2 Å². The van der Waals surface area contributed by atoms with Gasteiger partial charge >= 0.3 is 0 Å². The molecule has 2 N–H and O–H groups in total. The van der Waals surface area contributed by atoms with E-state index in [4.69, 9.17) is 9.15 Å². The largest absolute Gasteiger partial charge is 0.467 e. The van der Waals surface area contributed by atoms with E-state index in [0.29, 0.717) is 26.3 Å². The Bertz CT molecular complexity index is 325. The number of hydrogen-bond donors (Lipinski definition) is 2. The van der Waals surface area contributed by atoms with Crippen LogP contribution in [0.3, 0.4) is 0 Å². The van der Waals surface area contributed by atoms with Gasteiger partial charge in [0, 0.05) is 25.6 Å². The summed E-state index contributed by atoms with van der Waals surface area (Å²) in [5.41, 5.74) is 0. The quantitative estimate of drug-likeness (QED) is 0.649. The molecule has 1 aromatic rings. The van der Waals surface area contributed by atoms with Gasteiger partial charge in [0.2, 0.25) is 5.91 Å². The molecule has 102 valence electrons. The molecule has 0 spiro atoms. The molecule has 0 radical (unpaired) electrons. The summed E-state index contributed by atoms with van der Waals surface area (Å²) >= 11 is 0. The van der Waals surface area contributed by atoms with Gasteiger partial charge in [-0.05, 0) is 25.6 Å². The van der Waals surface area contributed by atoms with Crippen LogP contribution in [0.1, 0.15) is 19.1 Å². The van der Waals surface area contributed by atoms with Crippen molar-refractivity contribution < 1.29 is 13.9 Å². The van der Waals surface area contributed by atoms with E-state index in [1.807, 2.05) is 26.1 Å². The molecule has 0 aromatic carbocycles.